The van der Waals surface area contributed by atoms with E-state index in [9.17, 15) is 9.59 Å². The fourth-order valence-corrected chi connectivity index (χ4v) is 3.21. The van der Waals surface area contributed by atoms with Crippen LogP contribution in [0.3, 0.4) is 0 Å². The summed E-state index contributed by atoms with van der Waals surface area (Å²) in [4.78, 5) is 26.1. The van der Waals surface area contributed by atoms with Crippen molar-refractivity contribution < 1.29 is 14.3 Å². The highest BCUT2D eigenvalue weighted by Crippen LogP contribution is 2.22. The van der Waals surface area contributed by atoms with E-state index in [1.54, 1.807) is 31.2 Å². The molecule has 0 unspecified atom stereocenters. The molecular formula is C22H27N3O3. The van der Waals surface area contributed by atoms with Gasteiger partial charge in [0.05, 0.1) is 12.2 Å². The number of rotatable bonds is 8. The summed E-state index contributed by atoms with van der Waals surface area (Å²) in [6.07, 6.45) is 2.88. The van der Waals surface area contributed by atoms with E-state index < -0.39 is 0 Å². The van der Waals surface area contributed by atoms with E-state index >= 15 is 0 Å². The first-order valence-electron chi connectivity index (χ1n) is 9.81. The van der Waals surface area contributed by atoms with E-state index in [0.717, 1.165) is 18.8 Å². The van der Waals surface area contributed by atoms with Crippen molar-refractivity contribution >= 4 is 28.9 Å². The number of benzene rings is 2. The molecule has 28 heavy (non-hydrogen) atoms. The molecule has 6 heteroatoms. The average molecular weight is 381 g/mol. The third-order valence-electron chi connectivity index (χ3n) is 4.70. The Morgan fingerprint density at radius 3 is 2.25 bits per heavy atom. The summed E-state index contributed by atoms with van der Waals surface area (Å²) in [6.45, 7) is 4.92. The fraction of sp³-hybridized carbons (Fsp3) is 0.364. The van der Waals surface area contributed by atoms with Crippen LogP contribution in [0.5, 0.6) is 0 Å². The zero-order valence-corrected chi connectivity index (χ0v) is 16.2. The minimum absolute atomic E-state index is 0.0786. The number of carbonyl (C=O) groups is 2. The van der Waals surface area contributed by atoms with Gasteiger partial charge in [-0.3, -0.25) is 4.79 Å². The summed E-state index contributed by atoms with van der Waals surface area (Å²) in [7, 11) is 0. The number of esters is 1. The van der Waals surface area contributed by atoms with Crippen LogP contribution in [0.1, 0.15) is 36.5 Å². The van der Waals surface area contributed by atoms with Gasteiger partial charge in [0.25, 0.3) is 0 Å². The Morgan fingerprint density at radius 1 is 0.964 bits per heavy atom. The maximum Gasteiger partial charge on any atom is 0.338 e. The van der Waals surface area contributed by atoms with Gasteiger partial charge in [0.2, 0.25) is 5.91 Å². The Hall–Kier alpha value is -3.02. The van der Waals surface area contributed by atoms with Gasteiger partial charge in [-0.2, -0.15) is 0 Å². The van der Waals surface area contributed by atoms with Crippen LogP contribution in [-0.4, -0.2) is 38.1 Å². The number of anilines is 3. The lowest BCUT2D eigenvalue weighted by atomic mass is 10.2. The van der Waals surface area contributed by atoms with Crippen molar-refractivity contribution in [3.05, 3.63) is 54.1 Å². The highest BCUT2D eigenvalue weighted by molar-refractivity contribution is 5.93. The topological polar surface area (TPSA) is 70.7 Å². The van der Waals surface area contributed by atoms with E-state index in [0.29, 0.717) is 30.8 Å². The summed E-state index contributed by atoms with van der Waals surface area (Å²) < 4.78 is 4.94. The van der Waals surface area contributed by atoms with Crippen LogP contribution in [0.25, 0.3) is 0 Å². The van der Waals surface area contributed by atoms with Crippen molar-refractivity contribution in [1.82, 2.24) is 0 Å². The number of amides is 1. The second-order valence-corrected chi connectivity index (χ2v) is 6.76. The Labute approximate surface area is 165 Å². The Morgan fingerprint density at radius 2 is 1.61 bits per heavy atom. The number of hydrogen-bond donors (Lipinski definition) is 2. The number of ether oxygens (including phenoxy) is 1. The standard InChI is InChI=1S/C22H27N3O3/c1-2-28-22(27)17-5-7-19(8-6-17)24-21(26)13-14-23-18-9-11-20(12-10-18)25-15-3-4-16-25/h5-12,23H,2-4,13-16H2,1H3,(H,24,26). The smallest absolute Gasteiger partial charge is 0.338 e. The van der Waals surface area contributed by atoms with Crippen molar-refractivity contribution in [1.29, 1.82) is 0 Å². The fourth-order valence-electron chi connectivity index (χ4n) is 3.21. The van der Waals surface area contributed by atoms with Gasteiger partial charge in [0.15, 0.2) is 0 Å². The Kier molecular flexibility index (Phi) is 6.89. The SMILES string of the molecule is CCOC(=O)c1ccc(NC(=O)CCNc2ccc(N3CCCC3)cc2)cc1. The molecule has 0 atom stereocenters. The minimum Gasteiger partial charge on any atom is -0.462 e. The lowest BCUT2D eigenvalue weighted by Crippen LogP contribution is -2.18. The van der Waals surface area contributed by atoms with Gasteiger partial charge in [0.1, 0.15) is 0 Å². The van der Waals surface area contributed by atoms with Crippen LogP contribution in [0.4, 0.5) is 17.1 Å². The minimum atomic E-state index is -0.361. The van der Waals surface area contributed by atoms with Crippen LogP contribution in [-0.2, 0) is 9.53 Å². The van der Waals surface area contributed by atoms with Crippen LogP contribution in [0, 0.1) is 0 Å². The zero-order chi connectivity index (χ0) is 19.8. The van der Waals surface area contributed by atoms with Crippen molar-refractivity contribution in [2.24, 2.45) is 0 Å². The largest absolute Gasteiger partial charge is 0.462 e. The van der Waals surface area contributed by atoms with Gasteiger partial charge in [-0.15, -0.1) is 0 Å². The van der Waals surface area contributed by atoms with E-state index in [1.165, 1.54) is 18.5 Å². The average Bonchev–Trinajstić information content (AvgIpc) is 3.24. The van der Waals surface area contributed by atoms with Crippen LogP contribution < -0.4 is 15.5 Å². The first-order chi connectivity index (χ1) is 13.7. The summed E-state index contributed by atoms with van der Waals surface area (Å²) in [5, 5.41) is 6.11. The van der Waals surface area contributed by atoms with E-state index in [4.69, 9.17) is 4.74 Å². The summed E-state index contributed by atoms with van der Waals surface area (Å²) in [5.41, 5.74) is 3.40. The maximum absolute atomic E-state index is 12.1. The molecule has 0 aromatic heterocycles. The third kappa shape index (κ3) is 5.49. The zero-order valence-electron chi connectivity index (χ0n) is 16.2. The molecule has 148 valence electrons. The number of nitrogens with one attached hydrogen (secondary N) is 2. The van der Waals surface area contributed by atoms with Gasteiger partial charge in [0, 0.05) is 43.1 Å². The molecule has 1 amide bonds. The Bertz CT molecular complexity index is 782. The molecule has 1 fully saturated rings. The molecule has 0 bridgehead atoms. The Balaban J connectivity index is 1.41. The maximum atomic E-state index is 12.1. The molecule has 0 spiro atoms. The van der Waals surface area contributed by atoms with E-state index in [1.807, 2.05) is 0 Å². The lowest BCUT2D eigenvalue weighted by molar-refractivity contribution is -0.115. The summed E-state index contributed by atoms with van der Waals surface area (Å²) >= 11 is 0. The molecule has 6 nitrogen and oxygen atoms in total. The second kappa shape index (κ2) is 9.78. The van der Waals surface area contributed by atoms with Gasteiger partial charge >= 0.3 is 5.97 Å². The van der Waals surface area contributed by atoms with Crippen molar-refractivity contribution in [3.8, 4) is 0 Å². The van der Waals surface area contributed by atoms with Crippen LogP contribution in [0.2, 0.25) is 0 Å². The molecule has 1 aliphatic rings. The molecule has 0 aliphatic carbocycles. The molecular weight excluding hydrogens is 354 g/mol. The molecule has 0 saturated carbocycles. The quantitative estimate of drug-likeness (QED) is 0.679. The summed E-state index contributed by atoms with van der Waals surface area (Å²) in [6, 6.07) is 15.1. The van der Waals surface area contributed by atoms with Crippen LogP contribution in [0.15, 0.2) is 48.5 Å². The molecule has 2 aromatic carbocycles. The number of hydrogen-bond acceptors (Lipinski definition) is 5. The second-order valence-electron chi connectivity index (χ2n) is 6.76. The predicted molar refractivity (Wildman–Crippen MR) is 112 cm³/mol. The van der Waals surface area contributed by atoms with Crippen molar-refractivity contribution in [3.63, 3.8) is 0 Å². The van der Waals surface area contributed by atoms with Crippen LogP contribution >= 0.6 is 0 Å². The molecule has 1 heterocycles. The van der Waals surface area contributed by atoms with Gasteiger partial charge in [-0.25, -0.2) is 4.79 Å². The van der Waals surface area contributed by atoms with E-state index in [2.05, 4.69) is 39.8 Å². The first-order valence-corrected chi connectivity index (χ1v) is 9.81. The van der Waals surface area contributed by atoms with Gasteiger partial charge in [-0.05, 0) is 68.3 Å². The molecule has 1 saturated heterocycles. The highest BCUT2D eigenvalue weighted by Gasteiger charge is 2.12. The number of nitrogens with zero attached hydrogens (tertiary/aromatic N) is 1. The number of carbonyl (C=O) groups excluding carboxylic acids is 2. The monoisotopic (exact) mass is 381 g/mol. The molecule has 3 rings (SSSR count). The van der Waals surface area contributed by atoms with Crippen molar-refractivity contribution in [2.45, 2.75) is 26.2 Å². The highest BCUT2D eigenvalue weighted by atomic mass is 16.5. The molecule has 0 radical (unpaired) electrons. The predicted octanol–water partition coefficient (Wildman–Crippen LogP) is 3.90. The third-order valence-corrected chi connectivity index (χ3v) is 4.70. The summed E-state index contributed by atoms with van der Waals surface area (Å²) in [5.74, 6) is -0.439. The molecule has 2 aromatic rings. The molecule has 1 aliphatic heterocycles. The van der Waals surface area contributed by atoms with Gasteiger partial charge in [-0.1, -0.05) is 0 Å². The first kappa shape index (κ1) is 19.7. The lowest BCUT2D eigenvalue weighted by Gasteiger charge is -2.18. The van der Waals surface area contributed by atoms with E-state index in [-0.39, 0.29) is 11.9 Å². The van der Waals surface area contributed by atoms with Gasteiger partial charge < -0.3 is 20.3 Å². The van der Waals surface area contributed by atoms with Crippen molar-refractivity contribution in [2.75, 3.05) is 41.8 Å². The molecule has 2 N–H and O–H groups in total. The normalized spacial score (nSPS) is 13.2.